The van der Waals surface area contributed by atoms with E-state index in [0.717, 1.165) is 109 Å². The van der Waals surface area contributed by atoms with Crippen LogP contribution in [0.1, 0.15) is 213 Å². The molecule has 376 valence electrons. The van der Waals surface area contributed by atoms with Crippen molar-refractivity contribution in [3.63, 3.8) is 0 Å². The fourth-order valence-electron chi connectivity index (χ4n) is 6.75. The zero-order valence-corrected chi connectivity index (χ0v) is 42.9. The molecule has 0 aliphatic carbocycles. The number of esters is 3. The minimum Gasteiger partial charge on any atom is -0.462 e. The Morgan fingerprint density at radius 3 is 1.15 bits per heavy atom. The van der Waals surface area contributed by atoms with Gasteiger partial charge in [0.1, 0.15) is 13.2 Å². The first-order valence-corrected chi connectivity index (χ1v) is 26.7. The van der Waals surface area contributed by atoms with Gasteiger partial charge in [0.2, 0.25) is 0 Å². The van der Waals surface area contributed by atoms with Crippen molar-refractivity contribution in [1.29, 1.82) is 0 Å². The topological polar surface area (TPSA) is 78.9 Å². The minimum absolute atomic E-state index is 0.123. The van der Waals surface area contributed by atoms with Crippen molar-refractivity contribution in [3.05, 3.63) is 134 Å². The molecular formula is C61H96O6. The smallest absolute Gasteiger partial charge is 0.306 e. The van der Waals surface area contributed by atoms with E-state index < -0.39 is 6.10 Å². The van der Waals surface area contributed by atoms with Crippen molar-refractivity contribution in [3.8, 4) is 0 Å². The summed E-state index contributed by atoms with van der Waals surface area (Å²) < 4.78 is 16.7. The van der Waals surface area contributed by atoms with E-state index in [1.54, 1.807) is 0 Å². The van der Waals surface area contributed by atoms with Crippen molar-refractivity contribution in [1.82, 2.24) is 0 Å². The van der Waals surface area contributed by atoms with Gasteiger partial charge in [-0.1, -0.05) is 219 Å². The molecule has 0 saturated heterocycles. The summed E-state index contributed by atoms with van der Waals surface area (Å²) in [6, 6.07) is 0. The lowest BCUT2D eigenvalue weighted by molar-refractivity contribution is -0.167. The van der Waals surface area contributed by atoms with Crippen molar-refractivity contribution < 1.29 is 28.6 Å². The van der Waals surface area contributed by atoms with Gasteiger partial charge in [-0.05, 0) is 109 Å². The predicted molar refractivity (Wildman–Crippen MR) is 288 cm³/mol. The molecule has 0 spiro atoms. The average molecular weight is 925 g/mol. The van der Waals surface area contributed by atoms with Crippen LogP contribution < -0.4 is 0 Å². The summed E-state index contributed by atoms with van der Waals surface area (Å²) >= 11 is 0. The fourth-order valence-corrected chi connectivity index (χ4v) is 6.75. The molecule has 0 fully saturated rings. The second kappa shape index (κ2) is 54.2. The van der Waals surface area contributed by atoms with Crippen molar-refractivity contribution in [2.24, 2.45) is 0 Å². The van der Waals surface area contributed by atoms with E-state index in [1.807, 2.05) is 36.5 Å². The lowest BCUT2D eigenvalue weighted by atomic mass is 10.1. The second-order valence-corrected chi connectivity index (χ2v) is 17.1. The predicted octanol–water partition coefficient (Wildman–Crippen LogP) is 17.9. The summed E-state index contributed by atoms with van der Waals surface area (Å²) in [4.78, 5) is 38.0. The van der Waals surface area contributed by atoms with E-state index in [4.69, 9.17) is 14.2 Å². The van der Waals surface area contributed by atoms with Gasteiger partial charge in [0, 0.05) is 19.3 Å². The number of carbonyl (C=O) groups is 3. The van der Waals surface area contributed by atoms with Gasteiger partial charge >= 0.3 is 17.9 Å². The van der Waals surface area contributed by atoms with Gasteiger partial charge in [-0.25, -0.2) is 0 Å². The first-order valence-electron chi connectivity index (χ1n) is 26.7. The molecule has 0 aromatic heterocycles. The molecule has 0 radical (unpaired) electrons. The fraction of sp³-hybridized carbons (Fsp3) is 0.590. The van der Waals surface area contributed by atoms with Gasteiger partial charge in [0.05, 0.1) is 0 Å². The van der Waals surface area contributed by atoms with Crippen LogP contribution >= 0.6 is 0 Å². The van der Waals surface area contributed by atoms with Crippen LogP contribution in [-0.4, -0.2) is 37.2 Å². The standard InChI is InChI=1S/C61H96O6/c1-4-7-10-13-16-19-22-25-27-29-30-32-33-36-39-42-45-48-51-54-60(63)66-57-58(56-65-59(62)53-50-47-44-41-38-35-24-21-18-15-12-9-6-3)67-61(64)55-52-49-46-43-40-37-34-31-28-26-23-20-17-14-11-8-5-2/h7,9-10,12,15-16,18-19,21,24-28,30,32,34-35,37-38,43,46,58H,4-6,8,11,13-14,17,20,22-23,29,31,33,36,39-42,44-45,47-57H2,1-3H3/b10-7-,12-9-,18-15-,19-16-,24-21-,27-25-,28-26-,32-30-,37-34-,38-35-,46-43-. The normalized spacial score (nSPS) is 13.2. The van der Waals surface area contributed by atoms with Gasteiger partial charge in [-0.3, -0.25) is 14.4 Å². The third kappa shape index (κ3) is 52.4. The molecule has 0 amide bonds. The number of allylic oxidation sites excluding steroid dienone is 22. The van der Waals surface area contributed by atoms with Crippen LogP contribution in [0.15, 0.2) is 134 Å². The van der Waals surface area contributed by atoms with Gasteiger partial charge in [0.25, 0.3) is 0 Å². The lowest BCUT2D eigenvalue weighted by Crippen LogP contribution is -2.30. The zero-order valence-electron chi connectivity index (χ0n) is 42.9. The summed E-state index contributed by atoms with van der Waals surface area (Å²) in [6.07, 6.45) is 75.9. The number of ether oxygens (including phenoxy) is 3. The Morgan fingerprint density at radius 1 is 0.328 bits per heavy atom. The third-order valence-electron chi connectivity index (χ3n) is 10.7. The summed E-state index contributed by atoms with van der Waals surface area (Å²) in [5.41, 5.74) is 0. The van der Waals surface area contributed by atoms with Crippen LogP contribution in [0.5, 0.6) is 0 Å². The van der Waals surface area contributed by atoms with E-state index >= 15 is 0 Å². The number of unbranched alkanes of at least 4 members (excludes halogenated alkanes) is 16. The van der Waals surface area contributed by atoms with Crippen LogP contribution in [0.25, 0.3) is 0 Å². The van der Waals surface area contributed by atoms with Gasteiger partial charge in [0.15, 0.2) is 6.10 Å². The SMILES string of the molecule is CC\C=C/C=C\C=C/C=C\CCCCCC(=O)OCC(COC(=O)CCCCCCCC/C=C\C/C=C\C/C=C\C/C=C\CC)OC(=O)CCC/C=C\C/C=C\C/C=C\CCCCCCCC. The van der Waals surface area contributed by atoms with E-state index in [1.165, 1.54) is 57.8 Å². The van der Waals surface area contributed by atoms with Gasteiger partial charge in [-0.15, -0.1) is 0 Å². The maximum Gasteiger partial charge on any atom is 0.306 e. The minimum atomic E-state index is -0.832. The highest BCUT2D eigenvalue weighted by Gasteiger charge is 2.19. The molecule has 1 atom stereocenters. The molecular weight excluding hydrogens is 829 g/mol. The van der Waals surface area contributed by atoms with E-state index in [0.29, 0.717) is 19.3 Å². The third-order valence-corrected chi connectivity index (χ3v) is 10.7. The molecule has 0 rings (SSSR count). The molecule has 0 aromatic rings. The number of carbonyl (C=O) groups excluding carboxylic acids is 3. The van der Waals surface area contributed by atoms with Crippen molar-refractivity contribution in [2.75, 3.05) is 13.2 Å². The molecule has 1 unspecified atom stereocenters. The lowest BCUT2D eigenvalue weighted by Gasteiger charge is -2.18. The number of rotatable bonds is 46. The molecule has 0 N–H and O–H groups in total. The maximum absolute atomic E-state index is 12.8. The van der Waals surface area contributed by atoms with Gasteiger partial charge < -0.3 is 14.2 Å². The Balaban J connectivity index is 4.55. The van der Waals surface area contributed by atoms with Crippen LogP contribution in [0.4, 0.5) is 0 Å². The van der Waals surface area contributed by atoms with E-state index in [2.05, 4.69) is 118 Å². The maximum atomic E-state index is 12.8. The Kier molecular flexibility index (Phi) is 50.6. The Morgan fingerprint density at radius 2 is 0.672 bits per heavy atom. The molecule has 0 aliphatic rings. The molecule has 0 aliphatic heterocycles. The van der Waals surface area contributed by atoms with Crippen molar-refractivity contribution in [2.45, 2.75) is 219 Å². The highest BCUT2D eigenvalue weighted by molar-refractivity contribution is 5.71. The van der Waals surface area contributed by atoms with Crippen LogP contribution in [0.3, 0.4) is 0 Å². The second-order valence-electron chi connectivity index (χ2n) is 17.1. The summed E-state index contributed by atoms with van der Waals surface area (Å²) in [5.74, 6) is -1.04. The molecule has 6 nitrogen and oxygen atoms in total. The molecule has 0 saturated carbocycles. The Labute approximate surface area is 411 Å². The first kappa shape index (κ1) is 62.5. The molecule has 0 aromatic carbocycles. The van der Waals surface area contributed by atoms with Crippen LogP contribution in [0.2, 0.25) is 0 Å². The number of hydrogen-bond donors (Lipinski definition) is 0. The van der Waals surface area contributed by atoms with Crippen LogP contribution in [0, 0.1) is 0 Å². The summed E-state index contributed by atoms with van der Waals surface area (Å²) in [5, 5.41) is 0. The van der Waals surface area contributed by atoms with E-state index in [9.17, 15) is 14.4 Å². The van der Waals surface area contributed by atoms with Crippen molar-refractivity contribution >= 4 is 17.9 Å². The Hall–Kier alpha value is -4.45. The summed E-state index contributed by atoms with van der Waals surface area (Å²) in [6.45, 7) is 6.27. The van der Waals surface area contributed by atoms with Crippen LogP contribution in [-0.2, 0) is 28.6 Å². The first-order chi connectivity index (χ1) is 33.0. The number of hydrogen-bond acceptors (Lipinski definition) is 6. The van der Waals surface area contributed by atoms with E-state index in [-0.39, 0.29) is 37.5 Å². The monoisotopic (exact) mass is 925 g/mol. The highest BCUT2D eigenvalue weighted by Crippen LogP contribution is 2.12. The molecule has 0 heterocycles. The quantitative estimate of drug-likeness (QED) is 0.0199. The Bertz CT molecular complexity index is 1480. The van der Waals surface area contributed by atoms with Gasteiger partial charge in [-0.2, -0.15) is 0 Å². The largest absolute Gasteiger partial charge is 0.462 e. The summed E-state index contributed by atoms with van der Waals surface area (Å²) in [7, 11) is 0. The molecule has 6 heteroatoms. The highest BCUT2D eigenvalue weighted by atomic mass is 16.6. The molecule has 0 bridgehead atoms. The molecule has 67 heavy (non-hydrogen) atoms. The zero-order chi connectivity index (χ0) is 48.6. The average Bonchev–Trinajstić information content (AvgIpc) is 3.33.